The van der Waals surface area contributed by atoms with Crippen LogP contribution in [0.2, 0.25) is 0 Å². The van der Waals surface area contributed by atoms with Crippen molar-refractivity contribution in [2.24, 2.45) is 10.9 Å². The lowest BCUT2D eigenvalue weighted by molar-refractivity contribution is -0.0287. The Morgan fingerprint density at radius 3 is 2.59 bits per heavy atom. The van der Waals surface area contributed by atoms with Gasteiger partial charge in [0, 0.05) is 59.2 Å². The minimum Gasteiger partial charge on any atom is -0.490 e. The van der Waals surface area contributed by atoms with Gasteiger partial charge in [0.05, 0.1) is 12.7 Å². The van der Waals surface area contributed by atoms with Crippen molar-refractivity contribution in [2.75, 3.05) is 52.9 Å². The van der Waals surface area contributed by atoms with E-state index in [1.165, 1.54) is 0 Å². The largest absolute Gasteiger partial charge is 0.490 e. The van der Waals surface area contributed by atoms with Crippen molar-refractivity contribution in [1.29, 1.82) is 0 Å². The first kappa shape index (κ1) is 24.2. The molecule has 6 nitrogen and oxygen atoms in total. The van der Waals surface area contributed by atoms with Crippen molar-refractivity contribution in [3.8, 4) is 5.75 Å². The summed E-state index contributed by atoms with van der Waals surface area (Å²) in [6.45, 7) is 11.3. The number of likely N-dealkylation sites (tertiary alicyclic amines) is 1. The summed E-state index contributed by atoms with van der Waals surface area (Å²) in [5, 5.41) is 3.53. The molecule has 164 valence electrons. The maximum Gasteiger partial charge on any atom is 0.193 e. The molecule has 1 N–H and O–H groups in total. The molecule has 1 aromatic rings. The number of hydrogen-bond acceptors (Lipinski definition) is 4. The number of nitrogens with one attached hydrogen (secondary N) is 1. The molecule has 0 bridgehead atoms. The Kier molecular flexibility index (Phi) is 10.5. The van der Waals surface area contributed by atoms with Gasteiger partial charge in [0.2, 0.25) is 0 Å². The van der Waals surface area contributed by atoms with Crippen molar-refractivity contribution < 1.29 is 9.47 Å². The molecule has 0 spiro atoms. The molecule has 2 aliphatic rings. The standard InChI is InChI=1S/C22H36N4O2.HI/c1-18(2)16-25-13-14-27-21(17-25)15-24-22(23-3)26-11-9-20(10-12-26)28-19-7-5-4-6-8-19;/h4-8,18,20-21H,9-17H2,1-3H3,(H,23,24);1H. The summed E-state index contributed by atoms with van der Waals surface area (Å²) >= 11 is 0. The molecule has 0 radical (unpaired) electrons. The van der Waals surface area contributed by atoms with Gasteiger partial charge < -0.3 is 19.7 Å². The van der Waals surface area contributed by atoms with E-state index in [0.717, 1.165) is 70.4 Å². The van der Waals surface area contributed by atoms with Crippen LogP contribution in [0.25, 0.3) is 0 Å². The van der Waals surface area contributed by atoms with Gasteiger partial charge in [0.25, 0.3) is 0 Å². The van der Waals surface area contributed by atoms with E-state index in [1.54, 1.807) is 0 Å². The van der Waals surface area contributed by atoms with Crippen molar-refractivity contribution >= 4 is 29.9 Å². The van der Waals surface area contributed by atoms with E-state index in [-0.39, 0.29) is 36.2 Å². The molecule has 0 saturated carbocycles. The van der Waals surface area contributed by atoms with Crippen molar-refractivity contribution in [3.05, 3.63) is 30.3 Å². The third kappa shape index (κ3) is 7.94. The van der Waals surface area contributed by atoms with Gasteiger partial charge in [0.15, 0.2) is 5.96 Å². The van der Waals surface area contributed by atoms with E-state index in [4.69, 9.17) is 9.47 Å². The first-order valence-corrected chi connectivity index (χ1v) is 10.6. The summed E-state index contributed by atoms with van der Waals surface area (Å²) in [5.74, 6) is 2.63. The van der Waals surface area contributed by atoms with E-state index in [0.29, 0.717) is 5.92 Å². The Labute approximate surface area is 193 Å². The molecule has 7 heteroatoms. The smallest absolute Gasteiger partial charge is 0.193 e. The van der Waals surface area contributed by atoms with E-state index in [1.807, 2.05) is 37.4 Å². The molecular formula is C22H37IN4O2. The molecule has 0 aromatic heterocycles. The fraction of sp³-hybridized carbons (Fsp3) is 0.682. The third-order valence-corrected chi connectivity index (χ3v) is 5.33. The van der Waals surface area contributed by atoms with E-state index in [9.17, 15) is 0 Å². The van der Waals surface area contributed by atoms with Crippen LogP contribution in [0.15, 0.2) is 35.3 Å². The van der Waals surface area contributed by atoms with Crippen LogP contribution in [-0.2, 0) is 4.74 Å². The number of morpholine rings is 1. The maximum absolute atomic E-state index is 6.10. The van der Waals surface area contributed by atoms with Crippen molar-refractivity contribution in [2.45, 2.75) is 38.9 Å². The number of benzene rings is 1. The second kappa shape index (κ2) is 12.6. The van der Waals surface area contributed by atoms with Crippen LogP contribution in [-0.4, -0.2) is 80.9 Å². The Hall–Kier alpha value is -1.06. The van der Waals surface area contributed by atoms with Gasteiger partial charge in [-0.25, -0.2) is 0 Å². The van der Waals surface area contributed by atoms with E-state index < -0.39 is 0 Å². The number of piperidine rings is 1. The van der Waals surface area contributed by atoms with Crippen LogP contribution >= 0.6 is 24.0 Å². The van der Waals surface area contributed by atoms with E-state index >= 15 is 0 Å². The molecule has 0 aliphatic carbocycles. The molecule has 1 unspecified atom stereocenters. The van der Waals surface area contributed by atoms with Crippen LogP contribution in [0, 0.1) is 5.92 Å². The average molecular weight is 516 g/mol. The topological polar surface area (TPSA) is 49.3 Å². The monoisotopic (exact) mass is 516 g/mol. The second-order valence-corrected chi connectivity index (χ2v) is 8.19. The Morgan fingerprint density at radius 1 is 1.21 bits per heavy atom. The minimum absolute atomic E-state index is 0. The molecular weight excluding hydrogens is 479 g/mol. The molecule has 3 rings (SSSR count). The fourth-order valence-corrected chi connectivity index (χ4v) is 4.00. The summed E-state index contributed by atoms with van der Waals surface area (Å²) in [6, 6.07) is 10.1. The highest BCUT2D eigenvalue weighted by Crippen LogP contribution is 2.18. The number of para-hydroxylation sites is 1. The predicted molar refractivity (Wildman–Crippen MR) is 129 cm³/mol. The summed E-state index contributed by atoms with van der Waals surface area (Å²) in [6.07, 6.45) is 2.53. The van der Waals surface area contributed by atoms with Crippen molar-refractivity contribution in [1.82, 2.24) is 15.1 Å². The van der Waals surface area contributed by atoms with Crippen LogP contribution < -0.4 is 10.1 Å². The van der Waals surface area contributed by atoms with Gasteiger partial charge in [0.1, 0.15) is 11.9 Å². The lowest BCUT2D eigenvalue weighted by Gasteiger charge is -2.36. The quantitative estimate of drug-likeness (QED) is 0.358. The average Bonchev–Trinajstić information content (AvgIpc) is 2.70. The van der Waals surface area contributed by atoms with Crippen LogP contribution in [0.5, 0.6) is 5.75 Å². The second-order valence-electron chi connectivity index (χ2n) is 8.19. The Bertz CT molecular complexity index is 606. The van der Waals surface area contributed by atoms with E-state index in [2.05, 4.69) is 34.0 Å². The molecule has 0 amide bonds. The summed E-state index contributed by atoms with van der Waals surface area (Å²) in [4.78, 5) is 9.34. The van der Waals surface area contributed by atoms with Gasteiger partial charge in [-0.2, -0.15) is 0 Å². The Balaban J connectivity index is 0.00000300. The fourth-order valence-electron chi connectivity index (χ4n) is 4.00. The number of guanidine groups is 1. The summed E-state index contributed by atoms with van der Waals surface area (Å²) in [7, 11) is 1.86. The molecule has 29 heavy (non-hydrogen) atoms. The predicted octanol–water partition coefficient (Wildman–Crippen LogP) is 3.08. The number of halogens is 1. The lowest BCUT2D eigenvalue weighted by Crippen LogP contribution is -2.52. The number of rotatable bonds is 6. The maximum atomic E-state index is 6.10. The minimum atomic E-state index is 0. The SMILES string of the molecule is CN=C(NCC1CN(CC(C)C)CCO1)N1CCC(Oc2ccccc2)CC1.I. The van der Waals surface area contributed by atoms with Gasteiger partial charge >= 0.3 is 0 Å². The normalized spacial score (nSPS) is 21.7. The van der Waals surface area contributed by atoms with Crippen LogP contribution in [0.1, 0.15) is 26.7 Å². The number of aliphatic imine (C=N–C) groups is 1. The zero-order valence-electron chi connectivity index (χ0n) is 18.0. The Morgan fingerprint density at radius 2 is 1.93 bits per heavy atom. The number of hydrogen-bond donors (Lipinski definition) is 1. The van der Waals surface area contributed by atoms with Gasteiger partial charge in [-0.05, 0) is 18.1 Å². The molecule has 1 atom stereocenters. The third-order valence-electron chi connectivity index (χ3n) is 5.33. The van der Waals surface area contributed by atoms with Gasteiger partial charge in [-0.1, -0.05) is 32.0 Å². The summed E-state index contributed by atoms with van der Waals surface area (Å²) < 4.78 is 12.1. The number of ether oxygens (including phenoxy) is 2. The summed E-state index contributed by atoms with van der Waals surface area (Å²) in [5.41, 5.74) is 0. The van der Waals surface area contributed by atoms with Crippen LogP contribution in [0.3, 0.4) is 0 Å². The first-order valence-electron chi connectivity index (χ1n) is 10.6. The first-order chi connectivity index (χ1) is 13.6. The molecule has 2 fully saturated rings. The van der Waals surface area contributed by atoms with Gasteiger partial charge in [-0.15, -0.1) is 24.0 Å². The van der Waals surface area contributed by atoms with Gasteiger partial charge in [-0.3, -0.25) is 9.89 Å². The number of nitrogens with zero attached hydrogens (tertiary/aromatic N) is 3. The van der Waals surface area contributed by atoms with Crippen LogP contribution in [0.4, 0.5) is 0 Å². The highest BCUT2D eigenvalue weighted by molar-refractivity contribution is 14.0. The highest BCUT2D eigenvalue weighted by Gasteiger charge is 2.25. The zero-order chi connectivity index (χ0) is 19.8. The lowest BCUT2D eigenvalue weighted by atomic mass is 10.1. The molecule has 1 aromatic carbocycles. The zero-order valence-corrected chi connectivity index (χ0v) is 20.4. The molecule has 2 aliphatic heterocycles. The molecule has 2 saturated heterocycles. The highest BCUT2D eigenvalue weighted by atomic mass is 127. The van der Waals surface area contributed by atoms with Crippen molar-refractivity contribution in [3.63, 3.8) is 0 Å². The molecule has 2 heterocycles.